The minimum Gasteiger partial charge on any atom is -0.508 e. The van der Waals surface area contributed by atoms with Crippen LogP contribution >= 0.6 is 0 Å². The van der Waals surface area contributed by atoms with Gasteiger partial charge in [0.15, 0.2) is 9.84 Å². The average molecular weight is 283 g/mol. The number of nitrogens with one attached hydrogen (secondary N) is 1. The average Bonchev–Trinajstić information content (AvgIpc) is 2.70. The molecule has 1 aliphatic carbocycles. The Hall–Kier alpha value is -1.07. The van der Waals surface area contributed by atoms with Gasteiger partial charge >= 0.3 is 0 Å². The Bertz CT molecular complexity index is 578. The van der Waals surface area contributed by atoms with E-state index < -0.39 is 14.6 Å². The van der Waals surface area contributed by atoms with Crippen molar-refractivity contribution in [1.29, 1.82) is 0 Å². The predicted molar refractivity (Wildman–Crippen MR) is 76.1 cm³/mol. The van der Waals surface area contributed by atoms with Crippen molar-refractivity contribution < 1.29 is 13.5 Å². The maximum Gasteiger partial charge on any atom is 0.153 e. The van der Waals surface area contributed by atoms with Gasteiger partial charge in [-0.25, -0.2) is 8.42 Å². The molecule has 106 valence electrons. The fraction of sp³-hybridized carbons (Fsp3) is 0.571. The Kier molecular flexibility index (Phi) is 3.62. The van der Waals surface area contributed by atoms with Crippen LogP contribution in [0.1, 0.15) is 37.4 Å². The molecule has 1 unspecified atom stereocenters. The number of phenols is 1. The number of benzene rings is 1. The zero-order valence-corrected chi connectivity index (χ0v) is 12.4. The summed E-state index contributed by atoms with van der Waals surface area (Å²) in [5.41, 5.74) is 2.07. The highest BCUT2D eigenvalue weighted by molar-refractivity contribution is 7.92. The second kappa shape index (κ2) is 4.80. The predicted octanol–water partition coefficient (Wildman–Crippen LogP) is 1.79. The lowest BCUT2D eigenvalue weighted by Crippen LogP contribution is -2.42. The molecular formula is C14H21NO3S. The first kappa shape index (κ1) is 14.3. The Morgan fingerprint density at radius 1 is 1.42 bits per heavy atom. The quantitative estimate of drug-likeness (QED) is 0.884. The third-order valence-electron chi connectivity index (χ3n) is 4.02. The molecule has 0 aromatic heterocycles. The Morgan fingerprint density at radius 2 is 2.11 bits per heavy atom. The Labute approximate surface area is 114 Å². The van der Waals surface area contributed by atoms with Gasteiger partial charge in [0.1, 0.15) is 5.75 Å². The molecule has 2 rings (SSSR count). The Balaban J connectivity index is 2.11. The summed E-state index contributed by atoms with van der Waals surface area (Å²) in [6, 6.07) is 5.65. The number of hydrogen-bond donors (Lipinski definition) is 2. The molecule has 0 radical (unpaired) electrons. The SMILES string of the molecule is CC(C)(CNC1CCc2c(O)cccc21)S(C)(=O)=O. The summed E-state index contributed by atoms with van der Waals surface area (Å²) in [4.78, 5) is 0. The van der Waals surface area contributed by atoms with E-state index in [1.54, 1.807) is 19.9 Å². The van der Waals surface area contributed by atoms with E-state index >= 15 is 0 Å². The molecular weight excluding hydrogens is 262 g/mol. The van der Waals surface area contributed by atoms with Crippen LogP contribution in [0.5, 0.6) is 5.75 Å². The summed E-state index contributed by atoms with van der Waals surface area (Å²) >= 11 is 0. The first-order valence-corrected chi connectivity index (χ1v) is 8.35. The maximum absolute atomic E-state index is 11.7. The van der Waals surface area contributed by atoms with Crippen molar-refractivity contribution in [3.63, 3.8) is 0 Å². The molecule has 0 fully saturated rings. The van der Waals surface area contributed by atoms with Gasteiger partial charge < -0.3 is 10.4 Å². The summed E-state index contributed by atoms with van der Waals surface area (Å²) in [5, 5.41) is 13.1. The standard InChI is InChI=1S/C14H21NO3S/c1-14(2,19(3,17)18)9-15-12-8-7-11-10(12)5-4-6-13(11)16/h4-6,12,15-16H,7-9H2,1-3H3. The fourth-order valence-electron chi connectivity index (χ4n) is 2.35. The molecule has 1 aromatic rings. The lowest BCUT2D eigenvalue weighted by Gasteiger charge is -2.25. The molecule has 0 spiro atoms. The van der Waals surface area contributed by atoms with Crippen LogP contribution in [0.3, 0.4) is 0 Å². The molecule has 19 heavy (non-hydrogen) atoms. The van der Waals surface area contributed by atoms with Gasteiger partial charge in [-0.3, -0.25) is 0 Å². The molecule has 5 heteroatoms. The van der Waals surface area contributed by atoms with Gasteiger partial charge in [0.05, 0.1) is 4.75 Å². The van der Waals surface area contributed by atoms with Crippen molar-refractivity contribution in [3.8, 4) is 5.75 Å². The molecule has 0 heterocycles. The first-order valence-electron chi connectivity index (χ1n) is 6.46. The van der Waals surface area contributed by atoms with Gasteiger partial charge in [0.2, 0.25) is 0 Å². The van der Waals surface area contributed by atoms with Crippen LogP contribution in [0, 0.1) is 0 Å². The van der Waals surface area contributed by atoms with E-state index in [1.165, 1.54) is 6.26 Å². The molecule has 1 atom stereocenters. The van der Waals surface area contributed by atoms with Crippen LogP contribution < -0.4 is 5.32 Å². The van der Waals surface area contributed by atoms with E-state index in [0.717, 1.165) is 24.0 Å². The van der Waals surface area contributed by atoms with Crippen LogP contribution in [0.15, 0.2) is 18.2 Å². The van der Waals surface area contributed by atoms with E-state index in [2.05, 4.69) is 5.32 Å². The Morgan fingerprint density at radius 3 is 2.74 bits per heavy atom. The van der Waals surface area contributed by atoms with Gasteiger partial charge in [-0.15, -0.1) is 0 Å². The van der Waals surface area contributed by atoms with Crippen molar-refractivity contribution >= 4 is 9.84 Å². The molecule has 1 aromatic carbocycles. The van der Waals surface area contributed by atoms with Crippen LogP contribution in [-0.4, -0.2) is 31.1 Å². The lowest BCUT2D eigenvalue weighted by molar-refractivity contribution is 0.469. The van der Waals surface area contributed by atoms with Crippen LogP contribution in [0.2, 0.25) is 0 Å². The topological polar surface area (TPSA) is 66.4 Å². The number of rotatable bonds is 4. The summed E-state index contributed by atoms with van der Waals surface area (Å²) < 4.78 is 22.6. The third-order valence-corrected chi connectivity index (χ3v) is 6.18. The highest BCUT2D eigenvalue weighted by Crippen LogP contribution is 2.36. The minimum atomic E-state index is -3.09. The third kappa shape index (κ3) is 2.77. The van der Waals surface area contributed by atoms with Gasteiger partial charge in [-0.05, 0) is 43.9 Å². The zero-order chi connectivity index (χ0) is 14.3. The highest BCUT2D eigenvalue weighted by Gasteiger charge is 2.32. The zero-order valence-electron chi connectivity index (χ0n) is 11.6. The first-order chi connectivity index (χ1) is 8.72. The largest absolute Gasteiger partial charge is 0.508 e. The van der Waals surface area contributed by atoms with E-state index in [9.17, 15) is 13.5 Å². The molecule has 0 saturated heterocycles. The normalized spacial score (nSPS) is 19.4. The van der Waals surface area contributed by atoms with E-state index in [1.807, 2.05) is 12.1 Å². The second-order valence-electron chi connectivity index (χ2n) is 5.85. The summed E-state index contributed by atoms with van der Waals surface area (Å²) in [6.07, 6.45) is 2.99. The minimum absolute atomic E-state index is 0.128. The number of aromatic hydroxyl groups is 1. The van der Waals surface area contributed by atoms with Crippen molar-refractivity contribution in [2.75, 3.05) is 12.8 Å². The highest BCUT2D eigenvalue weighted by atomic mass is 32.2. The number of phenolic OH excluding ortho intramolecular Hbond substituents is 1. The molecule has 0 amide bonds. The van der Waals surface area contributed by atoms with Crippen molar-refractivity contribution in [3.05, 3.63) is 29.3 Å². The van der Waals surface area contributed by atoms with E-state index in [-0.39, 0.29) is 6.04 Å². The molecule has 4 nitrogen and oxygen atoms in total. The molecule has 2 N–H and O–H groups in total. The van der Waals surface area contributed by atoms with E-state index in [0.29, 0.717) is 12.3 Å². The number of hydrogen-bond acceptors (Lipinski definition) is 4. The second-order valence-corrected chi connectivity index (χ2v) is 8.50. The smallest absolute Gasteiger partial charge is 0.153 e. The van der Waals surface area contributed by atoms with Crippen LogP contribution in [0.4, 0.5) is 0 Å². The van der Waals surface area contributed by atoms with Gasteiger partial charge in [0.25, 0.3) is 0 Å². The van der Waals surface area contributed by atoms with E-state index in [4.69, 9.17) is 0 Å². The summed E-state index contributed by atoms with van der Waals surface area (Å²) in [5.74, 6) is 0.337. The molecule has 0 aliphatic heterocycles. The summed E-state index contributed by atoms with van der Waals surface area (Å²) in [6.45, 7) is 3.87. The number of fused-ring (bicyclic) bond motifs is 1. The molecule has 1 aliphatic rings. The van der Waals surface area contributed by atoms with Gasteiger partial charge in [-0.1, -0.05) is 12.1 Å². The van der Waals surface area contributed by atoms with Crippen molar-refractivity contribution in [1.82, 2.24) is 5.32 Å². The summed E-state index contributed by atoms with van der Waals surface area (Å²) in [7, 11) is -3.09. The van der Waals surface area contributed by atoms with Gasteiger partial charge in [-0.2, -0.15) is 0 Å². The van der Waals surface area contributed by atoms with Crippen LogP contribution in [-0.2, 0) is 16.3 Å². The van der Waals surface area contributed by atoms with Gasteiger partial charge in [0, 0.05) is 18.8 Å². The van der Waals surface area contributed by atoms with Crippen LogP contribution in [0.25, 0.3) is 0 Å². The molecule has 0 bridgehead atoms. The lowest BCUT2D eigenvalue weighted by atomic mass is 10.1. The van der Waals surface area contributed by atoms with Crippen molar-refractivity contribution in [2.24, 2.45) is 0 Å². The number of sulfone groups is 1. The fourth-order valence-corrected chi connectivity index (χ4v) is 2.69. The molecule has 0 saturated carbocycles. The maximum atomic E-state index is 11.7. The van der Waals surface area contributed by atoms with Crippen molar-refractivity contribution in [2.45, 2.75) is 37.5 Å². The monoisotopic (exact) mass is 283 g/mol.